The van der Waals surface area contributed by atoms with E-state index in [9.17, 15) is 0 Å². The van der Waals surface area contributed by atoms with E-state index in [1.54, 1.807) is 0 Å². The monoisotopic (exact) mass is 304 g/mol. The normalized spacial score (nSPS) is 11.1. The van der Waals surface area contributed by atoms with Crippen molar-refractivity contribution >= 4 is 0 Å². The van der Waals surface area contributed by atoms with E-state index >= 15 is 0 Å². The standard InChI is InChI=1S/C16H36N2O3/c1-17-9-7-5-3-4-6-8-11-19-13-15-21-16-14-20-12-10-18-2/h17-18H,3-16H2,1-2H3. The van der Waals surface area contributed by atoms with E-state index in [4.69, 9.17) is 14.2 Å². The minimum atomic E-state index is 0.652. The Morgan fingerprint density at radius 3 is 1.57 bits per heavy atom. The lowest BCUT2D eigenvalue weighted by Gasteiger charge is -2.07. The fraction of sp³-hybridized carbons (Fsp3) is 1.00. The molecule has 0 saturated heterocycles. The van der Waals surface area contributed by atoms with Gasteiger partial charge in [-0.05, 0) is 33.5 Å². The van der Waals surface area contributed by atoms with E-state index in [2.05, 4.69) is 10.6 Å². The molecule has 0 amide bonds. The summed E-state index contributed by atoms with van der Waals surface area (Å²) in [4.78, 5) is 0. The van der Waals surface area contributed by atoms with Crippen molar-refractivity contribution < 1.29 is 14.2 Å². The maximum Gasteiger partial charge on any atom is 0.0701 e. The highest BCUT2D eigenvalue weighted by Crippen LogP contribution is 2.04. The Kier molecular flexibility index (Phi) is 19.6. The van der Waals surface area contributed by atoms with Crippen molar-refractivity contribution in [3.8, 4) is 0 Å². The first kappa shape index (κ1) is 20.8. The van der Waals surface area contributed by atoms with Crippen molar-refractivity contribution in [3.63, 3.8) is 0 Å². The van der Waals surface area contributed by atoms with E-state index in [1.165, 1.54) is 38.5 Å². The fourth-order valence-corrected chi connectivity index (χ4v) is 1.93. The average molecular weight is 304 g/mol. The van der Waals surface area contributed by atoms with Gasteiger partial charge in [0.15, 0.2) is 0 Å². The zero-order valence-electron chi connectivity index (χ0n) is 14.1. The summed E-state index contributed by atoms with van der Waals surface area (Å²) in [7, 11) is 3.93. The van der Waals surface area contributed by atoms with E-state index < -0.39 is 0 Å². The summed E-state index contributed by atoms with van der Waals surface area (Å²) in [5, 5.41) is 6.21. The number of unbranched alkanes of at least 4 members (excludes halogenated alkanes) is 5. The first-order chi connectivity index (χ1) is 10.4. The van der Waals surface area contributed by atoms with Gasteiger partial charge in [-0.25, -0.2) is 0 Å². The third-order valence-corrected chi connectivity index (χ3v) is 3.21. The van der Waals surface area contributed by atoms with Gasteiger partial charge in [-0.15, -0.1) is 0 Å². The van der Waals surface area contributed by atoms with Crippen LogP contribution in [0.3, 0.4) is 0 Å². The summed E-state index contributed by atoms with van der Waals surface area (Å²) in [6.45, 7) is 6.30. The topological polar surface area (TPSA) is 51.8 Å². The second kappa shape index (κ2) is 19.8. The molecule has 0 aromatic rings. The molecule has 5 heteroatoms. The molecular formula is C16H36N2O3. The number of hydrogen-bond donors (Lipinski definition) is 2. The van der Waals surface area contributed by atoms with Crippen molar-refractivity contribution in [2.75, 3.05) is 66.8 Å². The first-order valence-electron chi connectivity index (χ1n) is 8.44. The van der Waals surface area contributed by atoms with Crippen LogP contribution in [0.4, 0.5) is 0 Å². The van der Waals surface area contributed by atoms with Gasteiger partial charge in [0.1, 0.15) is 0 Å². The van der Waals surface area contributed by atoms with Gasteiger partial charge in [0.25, 0.3) is 0 Å². The van der Waals surface area contributed by atoms with Gasteiger partial charge in [-0.1, -0.05) is 25.7 Å². The van der Waals surface area contributed by atoms with Crippen LogP contribution in [0.2, 0.25) is 0 Å². The Morgan fingerprint density at radius 1 is 0.476 bits per heavy atom. The predicted octanol–water partition coefficient (Wildman–Crippen LogP) is 1.82. The number of ether oxygens (including phenoxy) is 3. The third kappa shape index (κ3) is 19.8. The average Bonchev–Trinajstić information content (AvgIpc) is 2.50. The first-order valence-corrected chi connectivity index (χ1v) is 8.44. The zero-order chi connectivity index (χ0) is 15.4. The van der Waals surface area contributed by atoms with Crippen LogP contribution in [0.25, 0.3) is 0 Å². The second-order valence-corrected chi connectivity index (χ2v) is 5.17. The number of likely N-dealkylation sites (N-methyl/N-ethyl adjacent to an activating group) is 1. The van der Waals surface area contributed by atoms with Gasteiger partial charge in [0, 0.05) is 13.2 Å². The third-order valence-electron chi connectivity index (χ3n) is 3.21. The molecule has 0 unspecified atom stereocenters. The highest BCUT2D eigenvalue weighted by molar-refractivity contribution is 4.47. The van der Waals surface area contributed by atoms with Crippen molar-refractivity contribution in [1.29, 1.82) is 0 Å². The van der Waals surface area contributed by atoms with E-state index in [0.29, 0.717) is 26.4 Å². The molecule has 0 rings (SSSR count). The quantitative estimate of drug-likeness (QED) is 0.378. The molecule has 5 nitrogen and oxygen atoms in total. The maximum absolute atomic E-state index is 5.54. The Bertz CT molecular complexity index is 165. The SMILES string of the molecule is CNCCCCCCCCOCCOCCOCCNC. The van der Waals surface area contributed by atoms with Gasteiger partial charge < -0.3 is 24.8 Å². The lowest BCUT2D eigenvalue weighted by Crippen LogP contribution is -2.16. The van der Waals surface area contributed by atoms with Crippen LogP contribution in [0, 0.1) is 0 Å². The minimum absolute atomic E-state index is 0.652. The van der Waals surface area contributed by atoms with Crippen LogP contribution in [-0.4, -0.2) is 66.8 Å². The van der Waals surface area contributed by atoms with Crippen LogP contribution in [0.1, 0.15) is 38.5 Å². The van der Waals surface area contributed by atoms with Crippen molar-refractivity contribution in [1.82, 2.24) is 10.6 Å². The smallest absolute Gasteiger partial charge is 0.0701 e. The minimum Gasteiger partial charge on any atom is -0.379 e. The highest BCUT2D eigenvalue weighted by atomic mass is 16.5. The zero-order valence-corrected chi connectivity index (χ0v) is 14.1. The van der Waals surface area contributed by atoms with Crippen molar-refractivity contribution in [2.24, 2.45) is 0 Å². The van der Waals surface area contributed by atoms with Gasteiger partial charge in [-0.2, -0.15) is 0 Å². The lowest BCUT2D eigenvalue weighted by molar-refractivity contribution is 0.0146. The molecule has 21 heavy (non-hydrogen) atoms. The molecule has 0 aromatic heterocycles. The fourth-order valence-electron chi connectivity index (χ4n) is 1.93. The van der Waals surface area contributed by atoms with Crippen LogP contribution >= 0.6 is 0 Å². The largest absolute Gasteiger partial charge is 0.379 e. The Morgan fingerprint density at radius 2 is 0.952 bits per heavy atom. The Balaban J connectivity index is 2.90. The van der Waals surface area contributed by atoms with Crippen LogP contribution in [-0.2, 0) is 14.2 Å². The van der Waals surface area contributed by atoms with Crippen molar-refractivity contribution in [3.05, 3.63) is 0 Å². The van der Waals surface area contributed by atoms with Crippen molar-refractivity contribution in [2.45, 2.75) is 38.5 Å². The molecule has 128 valence electrons. The molecule has 0 heterocycles. The number of rotatable bonds is 18. The lowest BCUT2D eigenvalue weighted by atomic mass is 10.1. The Hall–Kier alpha value is -0.200. The van der Waals surface area contributed by atoms with Crippen LogP contribution < -0.4 is 10.6 Å². The molecule has 0 radical (unpaired) electrons. The second-order valence-electron chi connectivity index (χ2n) is 5.17. The van der Waals surface area contributed by atoms with E-state index in [1.807, 2.05) is 14.1 Å². The summed E-state index contributed by atoms with van der Waals surface area (Å²) in [5.74, 6) is 0. The van der Waals surface area contributed by atoms with E-state index in [0.717, 1.165) is 26.3 Å². The summed E-state index contributed by atoms with van der Waals surface area (Å²) in [5.41, 5.74) is 0. The summed E-state index contributed by atoms with van der Waals surface area (Å²) in [6.07, 6.45) is 7.75. The number of hydrogen-bond acceptors (Lipinski definition) is 5. The maximum atomic E-state index is 5.54. The van der Waals surface area contributed by atoms with E-state index in [-0.39, 0.29) is 0 Å². The van der Waals surface area contributed by atoms with Gasteiger partial charge >= 0.3 is 0 Å². The molecule has 2 N–H and O–H groups in total. The Labute approximate surface area is 131 Å². The molecule has 0 saturated carbocycles. The molecular weight excluding hydrogens is 268 g/mol. The predicted molar refractivity (Wildman–Crippen MR) is 88.0 cm³/mol. The molecule has 0 bridgehead atoms. The number of nitrogens with one attached hydrogen (secondary N) is 2. The highest BCUT2D eigenvalue weighted by Gasteiger charge is 1.93. The van der Waals surface area contributed by atoms with Crippen LogP contribution in [0.15, 0.2) is 0 Å². The molecule has 0 spiro atoms. The summed E-state index contributed by atoms with van der Waals surface area (Å²) >= 11 is 0. The molecule has 0 aliphatic rings. The molecule has 0 fully saturated rings. The molecule has 0 aliphatic carbocycles. The van der Waals surface area contributed by atoms with Gasteiger partial charge in [0.05, 0.1) is 33.0 Å². The summed E-state index contributed by atoms with van der Waals surface area (Å²) in [6, 6.07) is 0. The molecule has 0 aliphatic heterocycles. The van der Waals surface area contributed by atoms with Gasteiger partial charge in [-0.3, -0.25) is 0 Å². The van der Waals surface area contributed by atoms with Gasteiger partial charge in [0.2, 0.25) is 0 Å². The summed E-state index contributed by atoms with van der Waals surface area (Å²) < 4.78 is 16.3. The molecule has 0 aromatic carbocycles. The molecule has 0 atom stereocenters. The van der Waals surface area contributed by atoms with Crippen LogP contribution in [0.5, 0.6) is 0 Å².